The van der Waals surface area contributed by atoms with Gasteiger partial charge in [0.25, 0.3) is 0 Å². The summed E-state index contributed by atoms with van der Waals surface area (Å²) in [6.07, 6.45) is 0.855. The SMILES string of the molecule is CC(N)Cc1cc2ccc(O)cc2n1C(C)C. The van der Waals surface area contributed by atoms with Crippen molar-refractivity contribution < 1.29 is 5.11 Å². The molecule has 0 saturated heterocycles. The van der Waals surface area contributed by atoms with Gasteiger partial charge in [-0.15, -0.1) is 0 Å². The molecule has 1 atom stereocenters. The lowest BCUT2D eigenvalue weighted by Gasteiger charge is -2.16. The Bertz CT molecular complexity index is 526. The van der Waals surface area contributed by atoms with E-state index in [9.17, 15) is 5.11 Å². The maximum absolute atomic E-state index is 9.59. The molecular formula is C14H20N2O. The smallest absolute Gasteiger partial charge is 0.117 e. The van der Waals surface area contributed by atoms with Crippen molar-refractivity contribution in [2.24, 2.45) is 5.73 Å². The van der Waals surface area contributed by atoms with Crippen LogP contribution in [-0.4, -0.2) is 15.7 Å². The molecule has 3 N–H and O–H groups in total. The number of phenolic OH excluding ortho intramolecular Hbond substituents is 1. The van der Waals surface area contributed by atoms with E-state index in [-0.39, 0.29) is 6.04 Å². The van der Waals surface area contributed by atoms with E-state index in [1.54, 1.807) is 6.07 Å². The third-order valence-corrected chi connectivity index (χ3v) is 2.95. The fourth-order valence-electron chi connectivity index (χ4n) is 2.36. The zero-order chi connectivity index (χ0) is 12.6. The standard InChI is InChI=1S/C14H20N2O/c1-9(2)16-12(6-10(3)15)7-11-4-5-13(17)8-14(11)16/h4-5,7-10,17H,6,15H2,1-3H3. The molecule has 92 valence electrons. The van der Waals surface area contributed by atoms with E-state index < -0.39 is 0 Å². The van der Waals surface area contributed by atoms with Gasteiger partial charge in [-0.3, -0.25) is 0 Å². The molecule has 0 amide bonds. The molecule has 0 bridgehead atoms. The van der Waals surface area contributed by atoms with Crippen LogP contribution >= 0.6 is 0 Å². The van der Waals surface area contributed by atoms with Gasteiger partial charge in [0.2, 0.25) is 0 Å². The average molecular weight is 232 g/mol. The van der Waals surface area contributed by atoms with Gasteiger partial charge in [0.15, 0.2) is 0 Å². The van der Waals surface area contributed by atoms with Gasteiger partial charge in [0.1, 0.15) is 5.75 Å². The zero-order valence-electron chi connectivity index (χ0n) is 10.6. The van der Waals surface area contributed by atoms with Gasteiger partial charge < -0.3 is 15.4 Å². The van der Waals surface area contributed by atoms with Crippen LogP contribution in [0.1, 0.15) is 32.5 Å². The Kier molecular flexibility index (Phi) is 3.11. The van der Waals surface area contributed by atoms with E-state index in [1.807, 2.05) is 19.1 Å². The van der Waals surface area contributed by atoms with Gasteiger partial charge in [0.05, 0.1) is 5.52 Å². The number of hydrogen-bond acceptors (Lipinski definition) is 2. The number of aromatic hydroxyl groups is 1. The Hall–Kier alpha value is -1.48. The fourth-order valence-corrected chi connectivity index (χ4v) is 2.36. The van der Waals surface area contributed by atoms with Gasteiger partial charge in [-0.1, -0.05) is 0 Å². The molecule has 1 aromatic heterocycles. The predicted molar refractivity (Wildman–Crippen MR) is 71.3 cm³/mol. The molecule has 0 aliphatic heterocycles. The summed E-state index contributed by atoms with van der Waals surface area (Å²) in [5, 5.41) is 10.7. The molecule has 1 heterocycles. The number of benzene rings is 1. The van der Waals surface area contributed by atoms with Crippen molar-refractivity contribution in [3.63, 3.8) is 0 Å². The summed E-state index contributed by atoms with van der Waals surface area (Å²) in [6.45, 7) is 6.31. The second-order valence-electron chi connectivity index (χ2n) is 5.02. The van der Waals surface area contributed by atoms with Crippen LogP contribution in [-0.2, 0) is 6.42 Å². The van der Waals surface area contributed by atoms with Gasteiger partial charge in [-0.25, -0.2) is 0 Å². The summed E-state index contributed by atoms with van der Waals surface area (Å²) in [6, 6.07) is 8.17. The number of hydrogen-bond donors (Lipinski definition) is 2. The van der Waals surface area contributed by atoms with Crippen molar-refractivity contribution in [1.82, 2.24) is 4.57 Å². The monoisotopic (exact) mass is 232 g/mol. The second-order valence-corrected chi connectivity index (χ2v) is 5.02. The minimum absolute atomic E-state index is 0.144. The lowest BCUT2D eigenvalue weighted by atomic mass is 10.2. The van der Waals surface area contributed by atoms with Gasteiger partial charge in [0, 0.05) is 35.7 Å². The highest BCUT2D eigenvalue weighted by atomic mass is 16.3. The minimum atomic E-state index is 0.144. The van der Waals surface area contributed by atoms with Crippen molar-refractivity contribution in [2.45, 2.75) is 39.3 Å². The molecule has 3 nitrogen and oxygen atoms in total. The third-order valence-electron chi connectivity index (χ3n) is 2.95. The number of nitrogens with two attached hydrogens (primary N) is 1. The van der Waals surface area contributed by atoms with Crippen LogP contribution in [0, 0.1) is 0 Å². The fraction of sp³-hybridized carbons (Fsp3) is 0.429. The highest BCUT2D eigenvalue weighted by molar-refractivity contribution is 5.83. The molecule has 17 heavy (non-hydrogen) atoms. The van der Waals surface area contributed by atoms with E-state index in [4.69, 9.17) is 5.73 Å². The van der Waals surface area contributed by atoms with Gasteiger partial charge >= 0.3 is 0 Å². The van der Waals surface area contributed by atoms with Crippen molar-refractivity contribution in [3.8, 4) is 5.75 Å². The van der Waals surface area contributed by atoms with Crippen LogP contribution in [0.5, 0.6) is 5.75 Å². The summed E-state index contributed by atoms with van der Waals surface area (Å²) in [5.41, 5.74) is 8.19. The van der Waals surface area contributed by atoms with Crippen LogP contribution in [0.25, 0.3) is 10.9 Å². The first-order valence-electron chi connectivity index (χ1n) is 6.07. The molecule has 2 aromatic rings. The minimum Gasteiger partial charge on any atom is -0.508 e. The van der Waals surface area contributed by atoms with Crippen LogP contribution in [0.3, 0.4) is 0 Å². The van der Waals surface area contributed by atoms with Crippen molar-refractivity contribution in [3.05, 3.63) is 30.0 Å². The van der Waals surface area contributed by atoms with Crippen LogP contribution in [0.4, 0.5) is 0 Å². The van der Waals surface area contributed by atoms with Crippen LogP contribution < -0.4 is 5.73 Å². The van der Waals surface area contributed by atoms with Crippen molar-refractivity contribution in [1.29, 1.82) is 0 Å². The van der Waals surface area contributed by atoms with Crippen molar-refractivity contribution >= 4 is 10.9 Å². The van der Waals surface area contributed by atoms with E-state index in [0.717, 1.165) is 17.3 Å². The largest absolute Gasteiger partial charge is 0.508 e. The Morgan fingerprint density at radius 2 is 1.94 bits per heavy atom. The van der Waals surface area contributed by atoms with E-state index in [1.165, 1.54) is 5.69 Å². The molecule has 0 aliphatic carbocycles. The zero-order valence-corrected chi connectivity index (χ0v) is 10.6. The molecule has 0 saturated carbocycles. The maximum Gasteiger partial charge on any atom is 0.117 e. The highest BCUT2D eigenvalue weighted by Crippen LogP contribution is 2.27. The molecule has 2 rings (SSSR count). The quantitative estimate of drug-likeness (QED) is 0.855. The van der Waals surface area contributed by atoms with E-state index >= 15 is 0 Å². The first-order chi connectivity index (χ1) is 7.99. The van der Waals surface area contributed by atoms with Gasteiger partial charge in [-0.2, -0.15) is 0 Å². The molecular weight excluding hydrogens is 212 g/mol. The van der Waals surface area contributed by atoms with E-state index in [2.05, 4.69) is 24.5 Å². The van der Waals surface area contributed by atoms with Crippen LogP contribution in [0.15, 0.2) is 24.3 Å². The summed E-state index contributed by atoms with van der Waals surface area (Å²) in [4.78, 5) is 0. The van der Waals surface area contributed by atoms with Gasteiger partial charge in [-0.05, 0) is 39.0 Å². The summed E-state index contributed by atoms with van der Waals surface area (Å²) in [7, 11) is 0. The molecule has 3 heteroatoms. The Morgan fingerprint density at radius 1 is 1.24 bits per heavy atom. The van der Waals surface area contributed by atoms with E-state index in [0.29, 0.717) is 11.8 Å². The Labute approximate surface area is 102 Å². The summed E-state index contributed by atoms with van der Waals surface area (Å²) in [5.74, 6) is 0.310. The molecule has 1 aromatic carbocycles. The third kappa shape index (κ3) is 2.29. The lowest BCUT2D eigenvalue weighted by molar-refractivity contribution is 0.475. The average Bonchev–Trinajstić information content (AvgIpc) is 2.53. The molecule has 0 aliphatic rings. The molecule has 0 radical (unpaired) electrons. The first-order valence-corrected chi connectivity index (χ1v) is 6.07. The normalized spacial score (nSPS) is 13.5. The number of rotatable bonds is 3. The second kappa shape index (κ2) is 4.41. The van der Waals surface area contributed by atoms with Crippen molar-refractivity contribution in [2.75, 3.05) is 0 Å². The summed E-state index contributed by atoms with van der Waals surface area (Å²) >= 11 is 0. The number of fused-ring (bicyclic) bond motifs is 1. The molecule has 0 spiro atoms. The molecule has 1 unspecified atom stereocenters. The summed E-state index contributed by atoms with van der Waals surface area (Å²) < 4.78 is 2.25. The number of aromatic nitrogens is 1. The highest BCUT2D eigenvalue weighted by Gasteiger charge is 2.12. The number of nitrogens with zero attached hydrogens (tertiary/aromatic N) is 1. The first kappa shape index (κ1) is 12.0. The lowest BCUT2D eigenvalue weighted by Crippen LogP contribution is -2.20. The Morgan fingerprint density at radius 3 is 2.53 bits per heavy atom. The predicted octanol–water partition coefficient (Wildman–Crippen LogP) is 2.82. The topological polar surface area (TPSA) is 51.2 Å². The maximum atomic E-state index is 9.59. The van der Waals surface area contributed by atoms with Crippen LogP contribution in [0.2, 0.25) is 0 Å². The number of phenols is 1. The molecule has 0 fully saturated rings. The Balaban J connectivity index is 2.63.